The first kappa shape index (κ1) is 15.8. The fraction of sp³-hybridized carbons (Fsp3) is 0.588. The summed E-state index contributed by atoms with van der Waals surface area (Å²) in [7, 11) is 0. The second-order valence-corrected chi connectivity index (χ2v) is 5.95. The molecule has 0 unspecified atom stereocenters. The van der Waals surface area contributed by atoms with Crippen molar-refractivity contribution in [3.05, 3.63) is 29.8 Å². The van der Waals surface area contributed by atoms with E-state index in [-0.39, 0.29) is 5.91 Å². The lowest BCUT2D eigenvalue weighted by Gasteiger charge is -2.20. The van der Waals surface area contributed by atoms with E-state index in [1.54, 1.807) is 12.1 Å². The number of nitrogens with zero attached hydrogens (tertiary/aromatic N) is 1. The van der Waals surface area contributed by atoms with Crippen molar-refractivity contribution in [1.29, 1.82) is 0 Å². The van der Waals surface area contributed by atoms with Gasteiger partial charge in [-0.3, -0.25) is 4.79 Å². The number of phenolic OH excluding ortho intramolecular Hbond substituents is 1. The molecule has 1 heterocycles. The van der Waals surface area contributed by atoms with Crippen LogP contribution in [0.3, 0.4) is 0 Å². The van der Waals surface area contributed by atoms with Gasteiger partial charge in [-0.1, -0.05) is 19.1 Å². The summed E-state index contributed by atoms with van der Waals surface area (Å²) in [5, 5.41) is 12.9. The summed E-state index contributed by atoms with van der Waals surface area (Å²) in [6.45, 7) is 5.85. The Bertz CT molecular complexity index is 458. The van der Waals surface area contributed by atoms with Gasteiger partial charge >= 0.3 is 0 Å². The van der Waals surface area contributed by atoms with E-state index >= 15 is 0 Å². The van der Waals surface area contributed by atoms with E-state index < -0.39 is 0 Å². The maximum Gasteiger partial charge on any atom is 0.222 e. The highest BCUT2D eigenvalue weighted by Gasteiger charge is 2.25. The summed E-state index contributed by atoms with van der Waals surface area (Å²) in [6.07, 6.45) is 3.71. The molecular formula is C17H26N2O2. The van der Waals surface area contributed by atoms with Crippen molar-refractivity contribution in [2.45, 2.75) is 51.6 Å². The number of carbonyl (C=O) groups is 1. The van der Waals surface area contributed by atoms with Crippen LogP contribution in [0.2, 0.25) is 0 Å². The number of aromatic hydroxyl groups is 1. The average molecular weight is 290 g/mol. The van der Waals surface area contributed by atoms with Crippen LogP contribution in [-0.4, -0.2) is 41.1 Å². The zero-order valence-corrected chi connectivity index (χ0v) is 13.0. The first-order valence-corrected chi connectivity index (χ1v) is 7.90. The molecular weight excluding hydrogens is 264 g/mol. The maximum atomic E-state index is 11.7. The van der Waals surface area contributed by atoms with Crippen LogP contribution in [0.15, 0.2) is 24.3 Å². The van der Waals surface area contributed by atoms with Crippen molar-refractivity contribution in [2.75, 3.05) is 13.1 Å². The number of phenols is 1. The first-order chi connectivity index (χ1) is 10.1. The van der Waals surface area contributed by atoms with E-state index in [4.69, 9.17) is 0 Å². The fourth-order valence-corrected chi connectivity index (χ4v) is 2.88. The van der Waals surface area contributed by atoms with E-state index in [1.807, 2.05) is 24.0 Å². The number of hydrogen-bond donors (Lipinski definition) is 2. The Morgan fingerprint density at radius 2 is 2.14 bits per heavy atom. The number of aryl methyl sites for hydroxylation is 1. The molecule has 1 amide bonds. The van der Waals surface area contributed by atoms with Gasteiger partial charge in [0.15, 0.2) is 0 Å². The number of likely N-dealkylation sites (tertiary alicyclic amines) is 1. The van der Waals surface area contributed by atoms with Crippen molar-refractivity contribution in [3.63, 3.8) is 0 Å². The third kappa shape index (κ3) is 4.74. The number of nitrogens with one attached hydrogen (secondary N) is 1. The van der Waals surface area contributed by atoms with Crippen LogP contribution in [0.5, 0.6) is 5.75 Å². The summed E-state index contributed by atoms with van der Waals surface area (Å²) < 4.78 is 0. The summed E-state index contributed by atoms with van der Waals surface area (Å²) in [5.41, 5.74) is 1.25. The van der Waals surface area contributed by atoms with Crippen LogP contribution in [0.1, 0.15) is 38.7 Å². The molecule has 0 aromatic heterocycles. The predicted octanol–water partition coefficient (Wildman–Crippen LogP) is 2.31. The number of carbonyl (C=O) groups excluding carboxylic acids is 1. The molecule has 4 nitrogen and oxygen atoms in total. The lowest BCUT2D eigenvalue weighted by molar-refractivity contribution is -0.129. The van der Waals surface area contributed by atoms with Crippen molar-refractivity contribution in [2.24, 2.45) is 0 Å². The van der Waals surface area contributed by atoms with Gasteiger partial charge in [0, 0.05) is 31.6 Å². The molecule has 4 heteroatoms. The van der Waals surface area contributed by atoms with Crippen LogP contribution in [0.25, 0.3) is 0 Å². The third-order valence-corrected chi connectivity index (χ3v) is 4.17. The molecule has 0 saturated carbocycles. The molecule has 21 heavy (non-hydrogen) atoms. The Balaban J connectivity index is 1.71. The van der Waals surface area contributed by atoms with Crippen LogP contribution in [0.4, 0.5) is 0 Å². The molecule has 1 fully saturated rings. The summed E-state index contributed by atoms with van der Waals surface area (Å²) in [5.74, 6) is 0.576. The minimum atomic E-state index is 0.260. The van der Waals surface area contributed by atoms with Gasteiger partial charge in [-0.2, -0.15) is 0 Å². The Kier molecular flexibility index (Phi) is 5.62. The molecule has 0 aliphatic carbocycles. The topological polar surface area (TPSA) is 52.6 Å². The normalized spacial score (nSPS) is 19.7. The minimum absolute atomic E-state index is 0.260. The molecule has 1 aromatic carbocycles. The molecule has 116 valence electrons. The molecule has 0 bridgehead atoms. The zero-order valence-electron chi connectivity index (χ0n) is 13.0. The highest BCUT2D eigenvalue weighted by Crippen LogP contribution is 2.14. The van der Waals surface area contributed by atoms with Crippen LogP contribution in [-0.2, 0) is 11.2 Å². The van der Waals surface area contributed by atoms with E-state index in [9.17, 15) is 9.90 Å². The number of hydrogen-bond acceptors (Lipinski definition) is 3. The van der Waals surface area contributed by atoms with Gasteiger partial charge in [-0.25, -0.2) is 0 Å². The number of amides is 1. The molecule has 2 N–H and O–H groups in total. The quantitative estimate of drug-likeness (QED) is 0.845. The summed E-state index contributed by atoms with van der Waals surface area (Å²) in [4.78, 5) is 13.6. The average Bonchev–Trinajstić information content (AvgIpc) is 2.94. The third-order valence-electron chi connectivity index (χ3n) is 4.17. The van der Waals surface area contributed by atoms with E-state index in [0.717, 1.165) is 32.4 Å². The van der Waals surface area contributed by atoms with Gasteiger partial charge in [0.1, 0.15) is 5.75 Å². The highest BCUT2D eigenvalue weighted by molar-refractivity contribution is 5.76. The lowest BCUT2D eigenvalue weighted by Crippen LogP contribution is -2.39. The highest BCUT2D eigenvalue weighted by atomic mass is 16.3. The van der Waals surface area contributed by atoms with Crippen LogP contribution < -0.4 is 5.32 Å². The smallest absolute Gasteiger partial charge is 0.222 e. The van der Waals surface area contributed by atoms with Crippen molar-refractivity contribution in [3.8, 4) is 5.75 Å². The molecule has 2 atom stereocenters. The van der Waals surface area contributed by atoms with Crippen molar-refractivity contribution >= 4 is 5.91 Å². The summed E-state index contributed by atoms with van der Waals surface area (Å²) in [6, 6.07) is 8.27. The Morgan fingerprint density at radius 1 is 1.43 bits per heavy atom. The maximum absolute atomic E-state index is 11.7. The lowest BCUT2D eigenvalue weighted by atomic mass is 10.1. The molecule has 0 spiro atoms. The van der Waals surface area contributed by atoms with E-state index in [1.165, 1.54) is 5.56 Å². The van der Waals surface area contributed by atoms with Crippen LogP contribution in [0, 0.1) is 0 Å². The minimum Gasteiger partial charge on any atom is -0.508 e. The largest absolute Gasteiger partial charge is 0.508 e. The molecule has 2 rings (SSSR count). The molecule has 1 aromatic rings. The monoisotopic (exact) mass is 290 g/mol. The van der Waals surface area contributed by atoms with Gasteiger partial charge in [-0.05, 0) is 43.9 Å². The second-order valence-electron chi connectivity index (χ2n) is 5.95. The van der Waals surface area contributed by atoms with Crippen molar-refractivity contribution < 1.29 is 9.90 Å². The van der Waals surface area contributed by atoms with Gasteiger partial charge < -0.3 is 15.3 Å². The molecule has 1 aliphatic heterocycles. The number of benzene rings is 1. The van der Waals surface area contributed by atoms with Gasteiger partial charge in [0.2, 0.25) is 5.91 Å². The fourth-order valence-electron chi connectivity index (χ4n) is 2.88. The first-order valence-electron chi connectivity index (χ1n) is 7.90. The standard InChI is InChI=1S/C17H26N2O2/c1-3-17(21)19-11-10-15(12-19)18-13(2)4-5-14-6-8-16(20)9-7-14/h6-9,13,15,18,20H,3-5,10-12H2,1-2H3/t13-,15+/m0/s1. The second kappa shape index (κ2) is 7.46. The molecule has 0 radical (unpaired) electrons. The van der Waals surface area contributed by atoms with Gasteiger partial charge in [0.25, 0.3) is 0 Å². The Morgan fingerprint density at radius 3 is 2.81 bits per heavy atom. The van der Waals surface area contributed by atoms with Gasteiger partial charge in [-0.15, -0.1) is 0 Å². The Labute approximate surface area is 127 Å². The van der Waals surface area contributed by atoms with E-state index in [2.05, 4.69) is 12.2 Å². The predicted molar refractivity (Wildman–Crippen MR) is 84.3 cm³/mol. The summed E-state index contributed by atoms with van der Waals surface area (Å²) >= 11 is 0. The molecule has 1 aliphatic rings. The van der Waals surface area contributed by atoms with Crippen LogP contribution >= 0.6 is 0 Å². The van der Waals surface area contributed by atoms with Crippen molar-refractivity contribution in [1.82, 2.24) is 10.2 Å². The van der Waals surface area contributed by atoms with E-state index in [0.29, 0.717) is 24.3 Å². The Hall–Kier alpha value is -1.55. The number of rotatable bonds is 6. The van der Waals surface area contributed by atoms with Gasteiger partial charge in [0.05, 0.1) is 0 Å². The SMILES string of the molecule is CCC(=O)N1CC[C@@H](N[C@@H](C)CCc2ccc(O)cc2)C1. The molecule has 1 saturated heterocycles. The zero-order chi connectivity index (χ0) is 15.2.